The van der Waals surface area contributed by atoms with E-state index in [1.807, 2.05) is 0 Å². The SMILES string of the molecule is COC(=O)c1ccc(C(F)(F)CCO)cc1. The van der Waals surface area contributed by atoms with Gasteiger partial charge in [-0.05, 0) is 12.1 Å². The lowest BCUT2D eigenvalue weighted by atomic mass is 10.0. The molecule has 0 spiro atoms. The van der Waals surface area contributed by atoms with E-state index in [9.17, 15) is 13.6 Å². The van der Waals surface area contributed by atoms with E-state index in [0.717, 1.165) is 12.1 Å². The van der Waals surface area contributed by atoms with Crippen molar-refractivity contribution in [2.24, 2.45) is 0 Å². The van der Waals surface area contributed by atoms with Gasteiger partial charge in [0.1, 0.15) is 0 Å². The fourth-order valence-electron chi connectivity index (χ4n) is 1.25. The smallest absolute Gasteiger partial charge is 0.337 e. The molecule has 0 fully saturated rings. The normalized spacial score (nSPS) is 11.2. The van der Waals surface area contributed by atoms with Crippen molar-refractivity contribution in [1.29, 1.82) is 0 Å². The van der Waals surface area contributed by atoms with Gasteiger partial charge in [0.05, 0.1) is 12.7 Å². The fourth-order valence-corrected chi connectivity index (χ4v) is 1.25. The topological polar surface area (TPSA) is 46.5 Å². The maximum absolute atomic E-state index is 13.3. The third-order valence-corrected chi connectivity index (χ3v) is 2.15. The van der Waals surface area contributed by atoms with Gasteiger partial charge in [-0.2, -0.15) is 0 Å². The summed E-state index contributed by atoms with van der Waals surface area (Å²) in [6.07, 6.45) is -0.634. The van der Waals surface area contributed by atoms with Crippen LogP contribution in [0.15, 0.2) is 24.3 Å². The van der Waals surface area contributed by atoms with Gasteiger partial charge in [0, 0.05) is 18.6 Å². The van der Waals surface area contributed by atoms with Crippen molar-refractivity contribution >= 4 is 5.97 Å². The van der Waals surface area contributed by atoms with E-state index in [-0.39, 0.29) is 11.1 Å². The molecule has 0 atom stereocenters. The molecule has 1 aromatic rings. The molecule has 0 radical (unpaired) electrons. The molecule has 0 bridgehead atoms. The molecule has 0 aliphatic heterocycles. The monoisotopic (exact) mass is 230 g/mol. The number of hydrogen-bond acceptors (Lipinski definition) is 3. The highest BCUT2D eigenvalue weighted by atomic mass is 19.3. The molecule has 1 aromatic carbocycles. The molecule has 1 rings (SSSR count). The van der Waals surface area contributed by atoms with Gasteiger partial charge in [0.25, 0.3) is 5.92 Å². The summed E-state index contributed by atoms with van der Waals surface area (Å²) in [5, 5.41) is 8.49. The predicted octanol–water partition coefficient (Wildman–Crippen LogP) is 1.95. The standard InChI is InChI=1S/C11H12F2O3/c1-16-10(15)8-2-4-9(5-3-8)11(12,13)6-7-14/h2-5,14H,6-7H2,1H3. The molecular formula is C11H12F2O3. The Kier molecular flexibility index (Phi) is 3.95. The van der Waals surface area contributed by atoms with Gasteiger partial charge in [-0.15, -0.1) is 0 Å². The van der Waals surface area contributed by atoms with E-state index in [1.54, 1.807) is 0 Å². The van der Waals surface area contributed by atoms with E-state index >= 15 is 0 Å². The molecule has 0 heterocycles. The number of benzene rings is 1. The number of aliphatic hydroxyl groups is 1. The van der Waals surface area contributed by atoms with Crippen molar-refractivity contribution in [1.82, 2.24) is 0 Å². The van der Waals surface area contributed by atoms with E-state index in [2.05, 4.69) is 4.74 Å². The Morgan fingerprint density at radius 1 is 1.38 bits per heavy atom. The Morgan fingerprint density at radius 3 is 2.38 bits per heavy atom. The zero-order chi connectivity index (χ0) is 12.2. The van der Waals surface area contributed by atoms with Crippen LogP contribution in [0.3, 0.4) is 0 Å². The molecule has 0 aliphatic rings. The number of methoxy groups -OCH3 is 1. The number of carbonyl (C=O) groups excluding carboxylic acids is 1. The Bertz CT molecular complexity index is 360. The first-order valence-electron chi connectivity index (χ1n) is 4.69. The van der Waals surface area contributed by atoms with E-state index < -0.39 is 24.9 Å². The number of halogens is 2. The lowest BCUT2D eigenvalue weighted by molar-refractivity contribution is -0.0270. The molecule has 0 amide bonds. The summed E-state index contributed by atoms with van der Waals surface area (Å²) in [5.41, 5.74) is -0.0137. The zero-order valence-electron chi connectivity index (χ0n) is 8.74. The average Bonchev–Trinajstić information content (AvgIpc) is 2.28. The molecule has 1 N–H and O–H groups in total. The fraction of sp³-hybridized carbons (Fsp3) is 0.364. The summed E-state index contributed by atoms with van der Waals surface area (Å²) < 4.78 is 31.0. The van der Waals surface area contributed by atoms with Crippen LogP contribution in [0.4, 0.5) is 8.78 Å². The summed E-state index contributed by atoms with van der Waals surface area (Å²) in [7, 11) is 1.22. The number of alkyl halides is 2. The molecule has 88 valence electrons. The van der Waals surface area contributed by atoms with Crippen LogP contribution in [0.25, 0.3) is 0 Å². The van der Waals surface area contributed by atoms with Crippen LogP contribution in [0.2, 0.25) is 0 Å². The molecule has 0 saturated carbocycles. The van der Waals surface area contributed by atoms with Crippen LogP contribution in [-0.4, -0.2) is 24.8 Å². The average molecular weight is 230 g/mol. The Hall–Kier alpha value is -1.49. The minimum atomic E-state index is -3.08. The number of hydrogen-bond donors (Lipinski definition) is 1. The van der Waals surface area contributed by atoms with Gasteiger partial charge in [-0.1, -0.05) is 12.1 Å². The lowest BCUT2D eigenvalue weighted by Crippen LogP contribution is -2.15. The highest BCUT2D eigenvalue weighted by Crippen LogP contribution is 2.31. The Morgan fingerprint density at radius 2 is 1.94 bits per heavy atom. The van der Waals surface area contributed by atoms with Crippen LogP contribution in [0.1, 0.15) is 22.3 Å². The second-order valence-electron chi connectivity index (χ2n) is 3.25. The summed E-state index contributed by atoms with van der Waals surface area (Å²) in [5.74, 6) is -3.65. The molecule has 5 heteroatoms. The Labute approximate surface area is 91.7 Å². The van der Waals surface area contributed by atoms with E-state index in [1.165, 1.54) is 19.2 Å². The van der Waals surface area contributed by atoms with Crippen molar-refractivity contribution in [3.8, 4) is 0 Å². The summed E-state index contributed by atoms with van der Waals surface area (Å²) in [6, 6.07) is 4.85. The first-order chi connectivity index (χ1) is 7.51. The van der Waals surface area contributed by atoms with Gasteiger partial charge in [-0.25, -0.2) is 13.6 Å². The molecule has 0 saturated heterocycles. The van der Waals surface area contributed by atoms with Crippen LogP contribution in [0, 0.1) is 0 Å². The first-order valence-corrected chi connectivity index (χ1v) is 4.69. The first kappa shape index (κ1) is 12.6. The third kappa shape index (κ3) is 2.76. The Balaban J connectivity index is 2.90. The largest absolute Gasteiger partial charge is 0.465 e. The van der Waals surface area contributed by atoms with Gasteiger partial charge < -0.3 is 9.84 Å². The van der Waals surface area contributed by atoms with E-state index in [4.69, 9.17) is 5.11 Å². The highest BCUT2D eigenvalue weighted by molar-refractivity contribution is 5.89. The van der Waals surface area contributed by atoms with Crippen molar-refractivity contribution < 1.29 is 23.4 Å². The maximum Gasteiger partial charge on any atom is 0.337 e. The number of aliphatic hydroxyl groups excluding tert-OH is 1. The number of ether oxygens (including phenoxy) is 1. The van der Waals surface area contributed by atoms with Crippen molar-refractivity contribution in [2.45, 2.75) is 12.3 Å². The second kappa shape index (κ2) is 5.03. The summed E-state index contributed by atoms with van der Waals surface area (Å²) >= 11 is 0. The van der Waals surface area contributed by atoms with Crippen molar-refractivity contribution in [3.63, 3.8) is 0 Å². The minimum Gasteiger partial charge on any atom is -0.465 e. The lowest BCUT2D eigenvalue weighted by Gasteiger charge is -2.15. The maximum atomic E-state index is 13.3. The zero-order valence-corrected chi connectivity index (χ0v) is 8.74. The molecule has 16 heavy (non-hydrogen) atoms. The van der Waals surface area contributed by atoms with Gasteiger partial charge >= 0.3 is 5.97 Å². The van der Waals surface area contributed by atoms with Gasteiger partial charge in [0.2, 0.25) is 0 Å². The highest BCUT2D eigenvalue weighted by Gasteiger charge is 2.30. The third-order valence-electron chi connectivity index (χ3n) is 2.15. The molecule has 0 unspecified atom stereocenters. The summed E-state index contributed by atoms with van der Waals surface area (Å²) in [4.78, 5) is 11.1. The van der Waals surface area contributed by atoms with Crippen LogP contribution in [0.5, 0.6) is 0 Å². The molecular weight excluding hydrogens is 218 g/mol. The van der Waals surface area contributed by atoms with Crippen LogP contribution in [-0.2, 0) is 10.7 Å². The van der Waals surface area contributed by atoms with Crippen molar-refractivity contribution in [3.05, 3.63) is 35.4 Å². The van der Waals surface area contributed by atoms with Crippen molar-refractivity contribution in [2.75, 3.05) is 13.7 Å². The number of esters is 1. The molecule has 3 nitrogen and oxygen atoms in total. The van der Waals surface area contributed by atoms with Gasteiger partial charge in [0.15, 0.2) is 0 Å². The predicted molar refractivity (Wildman–Crippen MR) is 53.4 cm³/mol. The second-order valence-corrected chi connectivity index (χ2v) is 3.25. The van der Waals surface area contributed by atoms with Gasteiger partial charge in [-0.3, -0.25) is 0 Å². The van der Waals surface area contributed by atoms with Crippen LogP contribution >= 0.6 is 0 Å². The number of carbonyl (C=O) groups is 1. The minimum absolute atomic E-state index is 0.214. The molecule has 0 aromatic heterocycles. The quantitative estimate of drug-likeness (QED) is 0.804. The number of rotatable bonds is 4. The summed E-state index contributed by atoms with van der Waals surface area (Å²) in [6.45, 7) is -0.592. The van der Waals surface area contributed by atoms with E-state index in [0.29, 0.717) is 0 Å². The van der Waals surface area contributed by atoms with Crippen LogP contribution < -0.4 is 0 Å². The molecule has 0 aliphatic carbocycles.